The van der Waals surface area contributed by atoms with Crippen LogP contribution in [-0.2, 0) is 4.79 Å². The number of allylic oxidation sites excluding steroid dienone is 1. The molecule has 0 saturated heterocycles. The van der Waals surface area contributed by atoms with Gasteiger partial charge in [-0.1, -0.05) is 33.6 Å². The highest BCUT2D eigenvalue weighted by molar-refractivity contribution is 5.90. The molecule has 3 nitrogen and oxygen atoms in total. The van der Waals surface area contributed by atoms with Crippen molar-refractivity contribution in [3.8, 4) is 0 Å². The van der Waals surface area contributed by atoms with Crippen molar-refractivity contribution in [1.29, 1.82) is 0 Å². The van der Waals surface area contributed by atoms with Gasteiger partial charge in [0.05, 0.1) is 0 Å². The van der Waals surface area contributed by atoms with Crippen molar-refractivity contribution in [2.24, 2.45) is 46.3 Å². The van der Waals surface area contributed by atoms with Gasteiger partial charge in [0.25, 0.3) is 5.91 Å². The molecular weight excluding hydrogens is 358 g/mol. The summed E-state index contributed by atoms with van der Waals surface area (Å²) in [7, 11) is 3.40. The number of carbonyl (C=O) groups excluding carboxylic acids is 1. The minimum Gasteiger partial charge on any atom is -0.503 e. The lowest BCUT2D eigenvalue weighted by Crippen LogP contribution is -2.53. The maximum atomic E-state index is 12.1. The van der Waals surface area contributed by atoms with Gasteiger partial charge in [-0.3, -0.25) is 4.79 Å². The molecule has 4 aliphatic carbocycles. The molecule has 0 aliphatic heterocycles. The van der Waals surface area contributed by atoms with Crippen molar-refractivity contribution < 1.29 is 9.90 Å². The number of aliphatic hydroxyl groups is 1. The lowest BCUT2D eigenvalue weighted by Gasteiger charge is -2.60. The quantitative estimate of drug-likeness (QED) is 0.452. The third-order valence-electron chi connectivity index (χ3n) is 10.3. The summed E-state index contributed by atoms with van der Waals surface area (Å²) in [5, 5.41) is 10.3. The zero-order valence-corrected chi connectivity index (χ0v) is 19.4. The van der Waals surface area contributed by atoms with Crippen LogP contribution in [-0.4, -0.2) is 30.0 Å². The molecule has 1 amide bonds. The molecule has 0 spiro atoms. The predicted octanol–water partition coefficient (Wildman–Crippen LogP) is 6.20. The third-order valence-corrected chi connectivity index (χ3v) is 10.3. The number of nitrogens with zero attached hydrogens (tertiary/aromatic N) is 1. The van der Waals surface area contributed by atoms with Crippen molar-refractivity contribution in [3.05, 3.63) is 11.8 Å². The SMILES string of the molecule is C[C@H](C=C(O)C(=O)N(C)C)[C@H]1CC[C@H]2[C@@H]3CCC4CCCC[C@]4(C)[C@H]3CC[C@]12C. The van der Waals surface area contributed by atoms with Crippen LogP contribution in [0.3, 0.4) is 0 Å². The van der Waals surface area contributed by atoms with Gasteiger partial charge in [-0.05, 0) is 104 Å². The molecule has 0 aromatic heterocycles. The molecule has 1 N–H and O–H groups in total. The molecular formula is C26H43NO2. The second-order valence-corrected chi connectivity index (χ2v) is 11.7. The number of amides is 1. The number of hydrogen-bond acceptors (Lipinski definition) is 2. The molecule has 29 heavy (non-hydrogen) atoms. The number of fused-ring (bicyclic) bond motifs is 5. The summed E-state index contributed by atoms with van der Waals surface area (Å²) in [6.07, 6.45) is 16.0. The Hall–Kier alpha value is -0.990. The fourth-order valence-electron chi connectivity index (χ4n) is 8.86. The van der Waals surface area contributed by atoms with Crippen LogP contribution in [0, 0.1) is 46.3 Å². The van der Waals surface area contributed by atoms with Crippen LogP contribution in [0.15, 0.2) is 11.8 Å². The first-order chi connectivity index (χ1) is 13.7. The molecule has 4 saturated carbocycles. The van der Waals surface area contributed by atoms with E-state index in [1.807, 2.05) is 6.08 Å². The van der Waals surface area contributed by atoms with Gasteiger partial charge in [-0.2, -0.15) is 0 Å². The molecule has 8 atom stereocenters. The number of aliphatic hydroxyl groups excluding tert-OH is 1. The normalized spacial score (nSPS) is 45.7. The standard InChI is InChI=1S/C26H43NO2/c1-17(16-23(28)24(29)27(4)5)20-11-12-21-19-10-9-18-8-6-7-14-25(18,2)22(19)13-15-26(20,21)3/h16-22,28H,6-15H2,1-5H3/t17-,18?,19+,20-,21+,22+,25+,26-/m1/s1. The summed E-state index contributed by atoms with van der Waals surface area (Å²) < 4.78 is 0. The molecule has 4 fully saturated rings. The van der Waals surface area contributed by atoms with E-state index < -0.39 is 0 Å². The van der Waals surface area contributed by atoms with E-state index in [4.69, 9.17) is 0 Å². The molecule has 0 heterocycles. The van der Waals surface area contributed by atoms with Crippen molar-refractivity contribution in [3.63, 3.8) is 0 Å². The molecule has 164 valence electrons. The molecule has 4 aliphatic rings. The zero-order valence-electron chi connectivity index (χ0n) is 19.4. The van der Waals surface area contributed by atoms with Gasteiger partial charge in [0.1, 0.15) is 0 Å². The average Bonchev–Trinajstić information content (AvgIpc) is 3.04. The monoisotopic (exact) mass is 401 g/mol. The minimum atomic E-state index is -0.274. The fourth-order valence-corrected chi connectivity index (χ4v) is 8.86. The average molecular weight is 402 g/mol. The van der Waals surface area contributed by atoms with Gasteiger partial charge < -0.3 is 10.0 Å². The molecule has 1 unspecified atom stereocenters. The van der Waals surface area contributed by atoms with Gasteiger partial charge in [-0.15, -0.1) is 0 Å². The third kappa shape index (κ3) is 3.35. The smallest absolute Gasteiger partial charge is 0.287 e. The lowest BCUT2D eigenvalue weighted by atomic mass is 9.44. The predicted molar refractivity (Wildman–Crippen MR) is 118 cm³/mol. The Morgan fingerprint density at radius 3 is 2.41 bits per heavy atom. The van der Waals surface area contributed by atoms with E-state index in [9.17, 15) is 9.90 Å². The Balaban J connectivity index is 1.53. The van der Waals surface area contributed by atoms with Crippen molar-refractivity contribution in [2.75, 3.05) is 14.1 Å². The van der Waals surface area contributed by atoms with Crippen LogP contribution in [0.5, 0.6) is 0 Å². The molecule has 3 heteroatoms. The molecule has 0 bridgehead atoms. The summed E-state index contributed by atoms with van der Waals surface area (Å²) in [4.78, 5) is 13.6. The highest BCUT2D eigenvalue weighted by atomic mass is 16.3. The topological polar surface area (TPSA) is 40.5 Å². The Labute approximate surface area is 178 Å². The van der Waals surface area contributed by atoms with Crippen LogP contribution in [0.2, 0.25) is 0 Å². The number of likely N-dealkylation sites (N-methyl/N-ethyl adjacent to an activating group) is 1. The first kappa shape index (κ1) is 21.2. The Kier molecular flexibility index (Phi) is 5.57. The van der Waals surface area contributed by atoms with Gasteiger partial charge in [0.2, 0.25) is 0 Å². The van der Waals surface area contributed by atoms with Crippen LogP contribution < -0.4 is 0 Å². The first-order valence-electron chi connectivity index (χ1n) is 12.3. The van der Waals surface area contributed by atoms with Crippen molar-refractivity contribution >= 4 is 5.91 Å². The van der Waals surface area contributed by atoms with Gasteiger partial charge >= 0.3 is 0 Å². The van der Waals surface area contributed by atoms with Crippen LogP contribution in [0.25, 0.3) is 0 Å². The molecule has 0 radical (unpaired) electrons. The molecule has 0 aromatic rings. The summed E-state index contributed by atoms with van der Waals surface area (Å²) in [5.41, 5.74) is 0.971. The summed E-state index contributed by atoms with van der Waals surface area (Å²) in [6, 6.07) is 0. The van der Waals surface area contributed by atoms with E-state index in [1.54, 1.807) is 14.1 Å². The van der Waals surface area contributed by atoms with E-state index in [0.29, 0.717) is 16.7 Å². The second-order valence-electron chi connectivity index (χ2n) is 11.7. The number of rotatable bonds is 3. The van der Waals surface area contributed by atoms with E-state index >= 15 is 0 Å². The van der Waals surface area contributed by atoms with Crippen LogP contribution >= 0.6 is 0 Å². The van der Waals surface area contributed by atoms with Gasteiger partial charge in [0, 0.05) is 14.1 Å². The Bertz CT molecular complexity index is 670. The Morgan fingerprint density at radius 1 is 0.966 bits per heavy atom. The Morgan fingerprint density at radius 2 is 1.69 bits per heavy atom. The summed E-state index contributed by atoms with van der Waals surface area (Å²) >= 11 is 0. The molecule has 0 aromatic carbocycles. The van der Waals surface area contributed by atoms with E-state index in [0.717, 1.165) is 23.7 Å². The largest absolute Gasteiger partial charge is 0.503 e. The van der Waals surface area contributed by atoms with Crippen LogP contribution in [0.4, 0.5) is 0 Å². The van der Waals surface area contributed by atoms with E-state index in [2.05, 4.69) is 20.8 Å². The highest BCUT2D eigenvalue weighted by Gasteiger charge is 2.60. The summed E-state index contributed by atoms with van der Waals surface area (Å²) in [5.74, 6) is 4.17. The van der Waals surface area contributed by atoms with Gasteiger partial charge in [0.15, 0.2) is 5.76 Å². The second kappa shape index (κ2) is 7.61. The first-order valence-corrected chi connectivity index (χ1v) is 12.3. The zero-order chi connectivity index (χ0) is 21.0. The fraction of sp³-hybridized carbons (Fsp3) is 0.885. The highest BCUT2D eigenvalue weighted by Crippen LogP contribution is 2.68. The van der Waals surface area contributed by atoms with Crippen molar-refractivity contribution in [1.82, 2.24) is 4.90 Å². The number of carbonyl (C=O) groups is 1. The van der Waals surface area contributed by atoms with Crippen LogP contribution in [0.1, 0.15) is 85.0 Å². The summed E-state index contributed by atoms with van der Waals surface area (Å²) in [6.45, 7) is 7.43. The number of hydrogen-bond donors (Lipinski definition) is 1. The van der Waals surface area contributed by atoms with Gasteiger partial charge in [-0.25, -0.2) is 0 Å². The van der Waals surface area contributed by atoms with E-state index in [-0.39, 0.29) is 17.6 Å². The minimum absolute atomic E-state index is 0.0709. The molecule has 4 rings (SSSR count). The van der Waals surface area contributed by atoms with Crippen molar-refractivity contribution in [2.45, 2.75) is 85.0 Å². The maximum absolute atomic E-state index is 12.1. The maximum Gasteiger partial charge on any atom is 0.287 e. The van der Waals surface area contributed by atoms with E-state index in [1.165, 1.54) is 69.1 Å². The lowest BCUT2D eigenvalue weighted by molar-refractivity contribution is -0.127.